The highest BCUT2D eigenvalue weighted by atomic mass is 19.1. The lowest BCUT2D eigenvalue weighted by molar-refractivity contribution is 0.456. The van der Waals surface area contributed by atoms with Crippen LogP contribution < -0.4 is 0 Å². The van der Waals surface area contributed by atoms with E-state index in [1.807, 2.05) is 31.2 Å². The van der Waals surface area contributed by atoms with Crippen LogP contribution in [-0.4, -0.2) is 0 Å². The highest BCUT2D eigenvalue weighted by Gasteiger charge is 2.05. The first-order valence-electron chi connectivity index (χ1n) is 9.45. The van der Waals surface area contributed by atoms with E-state index in [-0.39, 0.29) is 5.82 Å². The van der Waals surface area contributed by atoms with Crippen LogP contribution in [0.5, 0.6) is 0 Å². The van der Waals surface area contributed by atoms with E-state index in [0.29, 0.717) is 5.56 Å². The lowest BCUT2D eigenvalue weighted by atomic mass is 9.97. The van der Waals surface area contributed by atoms with Crippen molar-refractivity contribution in [3.63, 3.8) is 0 Å². The lowest BCUT2D eigenvalue weighted by Gasteiger charge is -2.09. The molecule has 0 amide bonds. The van der Waals surface area contributed by atoms with E-state index in [2.05, 4.69) is 26.0 Å². The fourth-order valence-electron chi connectivity index (χ4n) is 3.34. The Balaban J connectivity index is 1.80. The van der Waals surface area contributed by atoms with Crippen LogP contribution >= 0.6 is 0 Å². The number of hydrogen-bond acceptors (Lipinski definition) is 0. The van der Waals surface area contributed by atoms with Gasteiger partial charge >= 0.3 is 0 Å². The summed E-state index contributed by atoms with van der Waals surface area (Å²) in [6, 6.07) is 13.8. The average molecular weight is 326 g/mol. The summed E-state index contributed by atoms with van der Waals surface area (Å²) in [5.41, 5.74) is 3.97. The molecule has 0 aliphatic carbocycles. The van der Waals surface area contributed by atoms with Crippen molar-refractivity contribution in [2.75, 3.05) is 0 Å². The van der Waals surface area contributed by atoms with Crippen LogP contribution in [0.2, 0.25) is 0 Å². The van der Waals surface area contributed by atoms with E-state index in [9.17, 15) is 4.39 Å². The zero-order valence-corrected chi connectivity index (χ0v) is 15.4. The predicted octanol–water partition coefficient (Wildman–Crippen LogP) is 7.34. The lowest BCUT2D eigenvalue weighted by Crippen LogP contribution is -1.94. The van der Waals surface area contributed by atoms with Crippen molar-refractivity contribution in [3.8, 4) is 11.1 Å². The van der Waals surface area contributed by atoms with Gasteiger partial charge in [-0.25, -0.2) is 4.39 Å². The van der Waals surface area contributed by atoms with Crippen LogP contribution in [0.25, 0.3) is 11.1 Å². The first-order chi connectivity index (χ1) is 11.6. The zero-order chi connectivity index (χ0) is 17.4. The van der Waals surface area contributed by atoms with E-state index >= 15 is 0 Å². The minimum Gasteiger partial charge on any atom is -0.206 e. The molecule has 1 heteroatoms. The van der Waals surface area contributed by atoms with Gasteiger partial charge in [0, 0.05) is 5.56 Å². The second-order valence-corrected chi connectivity index (χ2v) is 7.17. The molecule has 2 rings (SSSR count). The molecule has 0 N–H and O–H groups in total. The van der Waals surface area contributed by atoms with Crippen molar-refractivity contribution in [1.82, 2.24) is 0 Å². The first-order valence-corrected chi connectivity index (χ1v) is 9.45. The van der Waals surface area contributed by atoms with Gasteiger partial charge in [-0.1, -0.05) is 82.3 Å². The summed E-state index contributed by atoms with van der Waals surface area (Å²) in [5.74, 6) is 0.739. The van der Waals surface area contributed by atoms with Gasteiger partial charge in [0.2, 0.25) is 0 Å². The molecular weight excluding hydrogens is 295 g/mol. The maximum absolute atomic E-state index is 14.0. The quantitative estimate of drug-likeness (QED) is 0.423. The van der Waals surface area contributed by atoms with Gasteiger partial charge < -0.3 is 0 Å². The van der Waals surface area contributed by atoms with Gasteiger partial charge in [0.1, 0.15) is 5.82 Å². The minimum atomic E-state index is -0.135. The minimum absolute atomic E-state index is 0.135. The molecule has 2 aromatic carbocycles. The van der Waals surface area contributed by atoms with Crippen LogP contribution in [-0.2, 0) is 6.42 Å². The van der Waals surface area contributed by atoms with E-state index in [1.165, 1.54) is 44.1 Å². The molecule has 0 saturated carbocycles. The van der Waals surface area contributed by atoms with Crippen molar-refractivity contribution in [1.29, 1.82) is 0 Å². The maximum Gasteiger partial charge on any atom is 0.131 e. The van der Waals surface area contributed by atoms with Gasteiger partial charge in [0.05, 0.1) is 0 Å². The second-order valence-electron chi connectivity index (χ2n) is 7.17. The standard InChI is InChI=1S/C23H31F/c1-4-8-18(2)9-6-5-7-10-20-12-14-21(15-13-20)22-16-11-19(3)17-23(22)24/h11-18H,4-10H2,1-3H3. The Labute approximate surface area is 147 Å². The molecule has 0 aliphatic rings. The van der Waals surface area contributed by atoms with Crippen molar-refractivity contribution < 1.29 is 4.39 Å². The summed E-state index contributed by atoms with van der Waals surface area (Å²) in [6.07, 6.45) is 9.04. The predicted molar refractivity (Wildman–Crippen MR) is 103 cm³/mol. The Bertz CT molecular complexity index is 612. The van der Waals surface area contributed by atoms with Gasteiger partial charge in [-0.15, -0.1) is 0 Å². The number of halogens is 1. The van der Waals surface area contributed by atoms with Crippen molar-refractivity contribution >= 4 is 0 Å². The van der Waals surface area contributed by atoms with Crippen LogP contribution in [0.3, 0.4) is 0 Å². The highest BCUT2D eigenvalue weighted by molar-refractivity contribution is 5.64. The Morgan fingerprint density at radius 2 is 1.67 bits per heavy atom. The van der Waals surface area contributed by atoms with Gasteiger partial charge in [0.15, 0.2) is 0 Å². The first kappa shape index (κ1) is 18.7. The van der Waals surface area contributed by atoms with Gasteiger partial charge in [0.25, 0.3) is 0 Å². The fourth-order valence-corrected chi connectivity index (χ4v) is 3.34. The van der Waals surface area contributed by atoms with Gasteiger partial charge in [-0.05, 0) is 48.4 Å². The maximum atomic E-state index is 14.0. The van der Waals surface area contributed by atoms with E-state index < -0.39 is 0 Å². The summed E-state index contributed by atoms with van der Waals surface area (Å²) in [7, 11) is 0. The average Bonchev–Trinajstić information content (AvgIpc) is 2.56. The van der Waals surface area contributed by atoms with Crippen molar-refractivity contribution in [3.05, 3.63) is 59.4 Å². The SMILES string of the molecule is CCCC(C)CCCCCc1ccc(-c2ccc(C)cc2F)cc1. The molecule has 0 nitrogen and oxygen atoms in total. The molecule has 24 heavy (non-hydrogen) atoms. The van der Waals surface area contributed by atoms with Crippen LogP contribution in [0.4, 0.5) is 4.39 Å². The monoisotopic (exact) mass is 326 g/mol. The molecular formula is C23H31F. The molecule has 2 aromatic rings. The fraction of sp³-hybridized carbons (Fsp3) is 0.478. The van der Waals surface area contributed by atoms with Crippen LogP contribution in [0, 0.1) is 18.7 Å². The third kappa shape index (κ3) is 5.78. The summed E-state index contributed by atoms with van der Waals surface area (Å²) in [4.78, 5) is 0. The summed E-state index contributed by atoms with van der Waals surface area (Å²) in [6.45, 7) is 6.55. The highest BCUT2D eigenvalue weighted by Crippen LogP contribution is 2.24. The Hall–Kier alpha value is -1.63. The molecule has 1 unspecified atom stereocenters. The topological polar surface area (TPSA) is 0 Å². The molecule has 0 aromatic heterocycles. The molecule has 0 saturated heterocycles. The van der Waals surface area contributed by atoms with Crippen molar-refractivity contribution in [2.45, 2.75) is 65.7 Å². The number of hydrogen-bond donors (Lipinski definition) is 0. The van der Waals surface area contributed by atoms with Gasteiger partial charge in [-0.2, -0.15) is 0 Å². The van der Waals surface area contributed by atoms with Crippen LogP contribution in [0.15, 0.2) is 42.5 Å². The summed E-state index contributed by atoms with van der Waals surface area (Å²) >= 11 is 0. The van der Waals surface area contributed by atoms with Crippen molar-refractivity contribution in [2.24, 2.45) is 5.92 Å². The third-order valence-electron chi connectivity index (χ3n) is 4.83. The molecule has 0 fully saturated rings. The molecule has 1 atom stereocenters. The Morgan fingerprint density at radius 1 is 0.917 bits per heavy atom. The second kappa shape index (κ2) is 9.61. The molecule has 0 bridgehead atoms. The van der Waals surface area contributed by atoms with Gasteiger partial charge in [-0.3, -0.25) is 0 Å². The van der Waals surface area contributed by atoms with E-state index in [1.54, 1.807) is 6.07 Å². The molecule has 0 heterocycles. The molecule has 0 aliphatic heterocycles. The largest absolute Gasteiger partial charge is 0.206 e. The van der Waals surface area contributed by atoms with Crippen LogP contribution in [0.1, 0.15) is 63.5 Å². The third-order valence-corrected chi connectivity index (χ3v) is 4.83. The number of unbranched alkanes of at least 4 members (excludes halogenated alkanes) is 2. The summed E-state index contributed by atoms with van der Waals surface area (Å²) < 4.78 is 14.0. The summed E-state index contributed by atoms with van der Waals surface area (Å²) in [5, 5.41) is 0. The molecule has 0 spiro atoms. The smallest absolute Gasteiger partial charge is 0.131 e. The Kier molecular flexibility index (Phi) is 7.49. The van der Waals surface area contributed by atoms with E-state index in [0.717, 1.165) is 23.5 Å². The zero-order valence-electron chi connectivity index (χ0n) is 15.4. The Morgan fingerprint density at radius 3 is 2.33 bits per heavy atom. The number of rotatable bonds is 9. The molecule has 130 valence electrons. The normalized spacial score (nSPS) is 12.3. The number of aryl methyl sites for hydroxylation is 2. The molecule has 0 radical (unpaired) electrons. The van der Waals surface area contributed by atoms with E-state index in [4.69, 9.17) is 0 Å². The number of benzene rings is 2.